The van der Waals surface area contributed by atoms with E-state index in [1.165, 1.54) is 0 Å². The second kappa shape index (κ2) is 8.28. The van der Waals surface area contributed by atoms with Crippen LogP contribution in [0.5, 0.6) is 0 Å². The molecule has 0 spiro atoms. The zero-order valence-electron chi connectivity index (χ0n) is 13.7. The third kappa shape index (κ3) is 5.17. The minimum atomic E-state index is -4.17. The second-order valence-corrected chi connectivity index (χ2v) is 7.45. The number of hydrogen-bond acceptors (Lipinski definition) is 6. The van der Waals surface area contributed by atoms with Gasteiger partial charge in [0.05, 0.1) is 12.7 Å². The van der Waals surface area contributed by atoms with Crippen molar-refractivity contribution in [3.63, 3.8) is 0 Å². The molecule has 0 aromatic carbocycles. The molecule has 134 valence electrons. The Bertz CT molecular complexity index is 672. The monoisotopic (exact) mass is 379 g/mol. The molecule has 5 nitrogen and oxygen atoms in total. The van der Waals surface area contributed by atoms with E-state index in [4.69, 9.17) is 0 Å². The smallest absolute Gasteiger partial charge is 0.367 e. The first kappa shape index (κ1) is 19.2. The Morgan fingerprint density at radius 1 is 1.25 bits per heavy atom. The molecule has 0 aliphatic rings. The molecule has 0 aliphatic heterocycles. The largest absolute Gasteiger partial charge is 0.389 e. The van der Waals surface area contributed by atoms with Crippen molar-refractivity contribution >= 4 is 40.5 Å². The van der Waals surface area contributed by atoms with E-state index in [2.05, 4.69) is 20.3 Å². The van der Waals surface area contributed by atoms with Crippen molar-refractivity contribution in [2.75, 3.05) is 29.6 Å². The summed E-state index contributed by atoms with van der Waals surface area (Å²) < 4.78 is 38.9. The van der Waals surface area contributed by atoms with Crippen LogP contribution in [0.3, 0.4) is 0 Å². The van der Waals surface area contributed by atoms with Crippen LogP contribution >= 0.6 is 23.5 Å². The number of thioether (sulfide) groups is 2. The summed E-state index contributed by atoms with van der Waals surface area (Å²) in [4.78, 5) is 13.1. The molecule has 0 amide bonds. The SMILES string of the molecule is CSCCNc1nc(SCCC(F)(F)F)nc2c1ncn2C(C)C. The lowest BCUT2D eigenvalue weighted by molar-refractivity contribution is -0.129. The fourth-order valence-electron chi connectivity index (χ4n) is 1.99. The maximum atomic E-state index is 12.3. The first-order valence-corrected chi connectivity index (χ1v) is 9.86. The molecule has 0 bridgehead atoms. The molecule has 0 saturated carbocycles. The normalized spacial score (nSPS) is 12.3. The number of hydrogen-bond donors (Lipinski definition) is 1. The van der Waals surface area contributed by atoms with E-state index in [0.29, 0.717) is 28.7 Å². The van der Waals surface area contributed by atoms with Gasteiger partial charge < -0.3 is 9.88 Å². The standard InChI is InChI=1S/C14H20F3N5S2/c1-9(2)22-8-19-10-11(18-5-7-23-3)20-13(21-12(10)22)24-6-4-14(15,16)17/h8-9H,4-7H2,1-3H3,(H,18,20,21). The molecule has 2 heterocycles. The number of anilines is 1. The van der Waals surface area contributed by atoms with Crippen LogP contribution in [0.2, 0.25) is 0 Å². The molecule has 0 fully saturated rings. The molecule has 2 aromatic rings. The van der Waals surface area contributed by atoms with Crippen LogP contribution < -0.4 is 5.32 Å². The van der Waals surface area contributed by atoms with Crippen molar-refractivity contribution in [1.29, 1.82) is 0 Å². The minimum Gasteiger partial charge on any atom is -0.367 e. The molecular formula is C14H20F3N5S2. The van der Waals surface area contributed by atoms with Crippen molar-refractivity contribution in [3.8, 4) is 0 Å². The van der Waals surface area contributed by atoms with Gasteiger partial charge in [-0.3, -0.25) is 0 Å². The van der Waals surface area contributed by atoms with Crippen LogP contribution in [0, 0.1) is 0 Å². The summed E-state index contributed by atoms with van der Waals surface area (Å²) in [6.07, 6.45) is -1.34. The van der Waals surface area contributed by atoms with Crippen molar-refractivity contribution in [3.05, 3.63) is 6.33 Å². The van der Waals surface area contributed by atoms with Gasteiger partial charge >= 0.3 is 6.18 Å². The molecule has 2 rings (SSSR count). The third-order valence-electron chi connectivity index (χ3n) is 3.17. The molecule has 0 atom stereocenters. The topological polar surface area (TPSA) is 55.6 Å². The van der Waals surface area contributed by atoms with Crippen LogP contribution in [0.4, 0.5) is 19.0 Å². The van der Waals surface area contributed by atoms with E-state index in [9.17, 15) is 13.2 Å². The molecule has 0 unspecified atom stereocenters. The van der Waals surface area contributed by atoms with Crippen molar-refractivity contribution in [1.82, 2.24) is 19.5 Å². The molecule has 10 heteroatoms. The number of aromatic nitrogens is 4. The Morgan fingerprint density at radius 3 is 2.62 bits per heavy atom. The van der Waals surface area contributed by atoms with Crippen molar-refractivity contribution in [2.24, 2.45) is 0 Å². The Kier molecular flexibility index (Phi) is 6.62. The van der Waals surface area contributed by atoms with Gasteiger partial charge in [-0.2, -0.15) is 24.9 Å². The third-order valence-corrected chi connectivity index (χ3v) is 4.63. The van der Waals surface area contributed by atoms with Gasteiger partial charge in [0.2, 0.25) is 0 Å². The maximum Gasteiger partial charge on any atom is 0.389 e. The zero-order chi connectivity index (χ0) is 17.7. The average molecular weight is 379 g/mol. The van der Waals surface area contributed by atoms with E-state index in [-0.39, 0.29) is 11.8 Å². The fraction of sp³-hybridized carbons (Fsp3) is 0.643. The number of halogens is 3. The predicted molar refractivity (Wildman–Crippen MR) is 94.0 cm³/mol. The zero-order valence-corrected chi connectivity index (χ0v) is 15.4. The summed E-state index contributed by atoms with van der Waals surface area (Å²) in [7, 11) is 0. The molecule has 0 radical (unpaired) electrons. The van der Waals surface area contributed by atoms with Crippen LogP contribution in [0.15, 0.2) is 11.5 Å². The van der Waals surface area contributed by atoms with Gasteiger partial charge in [-0.15, -0.1) is 0 Å². The number of alkyl halides is 3. The highest BCUT2D eigenvalue weighted by atomic mass is 32.2. The van der Waals surface area contributed by atoms with Gasteiger partial charge in [0.1, 0.15) is 0 Å². The highest BCUT2D eigenvalue weighted by molar-refractivity contribution is 7.99. The van der Waals surface area contributed by atoms with Gasteiger partial charge in [-0.25, -0.2) is 15.0 Å². The molecule has 24 heavy (non-hydrogen) atoms. The fourth-order valence-corrected chi connectivity index (χ4v) is 3.12. The van der Waals surface area contributed by atoms with Gasteiger partial charge in [0, 0.05) is 24.1 Å². The maximum absolute atomic E-state index is 12.3. The highest BCUT2D eigenvalue weighted by Crippen LogP contribution is 2.28. The lowest BCUT2D eigenvalue weighted by Crippen LogP contribution is -2.10. The number of rotatable bonds is 8. The van der Waals surface area contributed by atoms with Crippen LogP contribution in [-0.2, 0) is 0 Å². The number of fused-ring (bicyclic) bond motifs is 1. The number of nitrogens with zero attached hydrogens (tertiary/aromatic N) is 4. The summed E-state index contributed by atoms with van der Waals surface area (Å²) in [5.41, 5.74) is 1.28. The van der Waals surface area contributed by atoms with E-state index in [0.717, 1.165) is 17.5 Å². The van der Waals surface area contributed by atoms with Crippen LogP contribution in [-0.4, -0.2) is 50.0 Å². The molecule has 0 saturated heterocycles. The Balaban J connectivity index is 2.27. The van der Waals surface area contributed by atoms with Gasteiger partial charge in [0.25, 0.3) is 0 Å². The molecule has 0 aliphatic carbocycles. The van der Waals surface area contributed by atoms with E-state index in [1.54, 1.807) is 18.1 Å². The van der Waals surface area contributed by atoms with Crippen LogP contribution in [0.1, 0.15) is 26.3 Å². The van der Waals surface area contributed by atoms with Crippen molar-refractivity contribution < 1.29 is 13.2 Å². The Hall–Kier alpha value is -1.16. The number of nitrogens with one attached hydrogen (secondary N) is 1. The van der Waals surface area contributed by atoms with Gasteiger partial charge in [-0.05, 0) is 20.1 Å². The lowest BCUT2D eigenvalue weighted by Gasteiger charge is -2.11. The van der Waals surface area contributed by atoms with E-state index >= 15 is 0 Å². The second-order valence-electron chi connectivity index (χ2n) is 5.41. The minimum absolute atomic E-state index is 0.102. The Labute approximate surface area is 147 Å². The number of imidazole rings is 1. The summed E-state index contributed by atoms with van der Waals surface area (Å²) in [5.74, 6) is 1.37. The van der Waals surface area contributed by atoms with E-state index in [1.807, 2.05) is 24.7 Å². The van der Waals surface area contributed by atoms with Gasteiger partial charge in [0.15, 0.2) is 22.1 Å². The highest BCUT2D eigenvalue weighted by Gasteiger charge is 2.26. The van der Waals surface area contributed by atoms with E-state index < -0.39 is 12.6 Å². The van der Waals surface area contributed by atoms with Gasteiger partial charge in [-0.1, -0.05) is 11.8 Å². The summed E-state index contributed by atoms with van der Waals surface area (Å²) in [6, 6.07) is 0.150. The first-order valence-electron chi connectivity index (χ1n) is 7.48. The quantitative estimate of drug-likeness (QED) is 0.421. The lowest BCUT2D eigenvalue weighted by atomic mass is 10.4. The summed E-state index contributed by atoms with van der Waals surface area (Å²) in [6.45, 7) is 4.70. The Morgan fingerprint density at radius 2 is 2.00 bits per heavy atom. The predicted octanol–water partition coefficient (Wildman–Crippen LogP) is 4.23. The molecule has 2 aromatic heterocycles. The molecule has 1 N–H and O–H groups in total. The average Bonchev–Trinajstić information content (AvgIpc) is 2.90. The van der Waals surface area contributed by atoms with Crippen LogP contribution in [0.25, 0.3) is 11.2 Å². The first-order chi connectivity index (χ1) is 11.3. The van der Waals surface area contributed by atoms with Crippen molar-refractivity contribution in [2.45, 2.75) is 37.6 Å². The summed E-state index contributed by atoms with van der Waals surface area (Å²) in [5, 5.41) is 3.54. The summed E-state index contributed by atoms with van der Waals surface area (Å²) >= 11 is 2.71. The molecular weight excluding hydrogens is 359 g/mol.